The summed E-state index contributed by atoms with van der Waals surface area (Å²) in [4.78, 5) is 35.1. The number of aryl methyl sites for hydroxylation is 2. The highest BCUT2D eigenvalue weighted by Crippen LogP contribution is 2.22. The fourth-order valence-corrected chi connectivity index (χ4v) is 2.23. The van der Waals surface area contributed by atoms with Crippen molar-refractivity contribution in [2.75, 3.05) is 0 Å². The first-order valence-corrected chi connectivity index (χ1v) is 8.41. The average molecular weight is 371 g/mol. The summed E-state index contributed by atoms with van der Waals surface area (Å²) in [5, 5.41) is 11.5. The number of nitrogens with zero attached hydrogens (tertiary/aromatic N) is 1. The number of nitro groups is 1. The van der Waals surface area contributed by atoms with E-state index in [2.05, 4.69) is 0 Å². The molecule has 0 heterocycles. The second-order valence-electron chi connectivity index (χ2n) is 6.52. The van der Waals surface area contributed by atoms with Gasteiger partial charge in [0.2, 0.25) is 0 Å². The molecule has 0 fully saturated rings. The summed E-state index contributed by atoms with van der Waals surface area (Å²) < 4.78 is 10.3. The van der Waals surface area contributed by atoms with Crippen LogP contribution < -0.4 is 9.47 Å². The standard InChI is InChI=1S/C20H21NO6/c1-14-4-8-16(9-5-14)26-18(22)12-13-20(3,21(24)25)19(23)27-17-10-6-15(2)7-11-17/h4-11H,12-13H2,1-3H3/t20-/m1/s1. The molecule has 7 heteroatoms. The summed E-state index contributed by atoms with van der Waals surface area (Å²) in [7, 11) is 0. The smallest absolute Gasteiger partial charge is 0.389 e. The maximum atomic E-state index is 12.4. The third-order valence-corrected chi connectivity index (χ3v) is 4.14. The van der Waals surface area contributed by atoms with Crippen molar-refractivity contribution < 1.29 is 24.0 Å². The molecular weight excluding hydrogens is 350 g/mol. The Balaban J connectivity index is 2.00. The molecule has 7 nitrogen and oxygen atoms in total. The SMILES string of the molecule is Cc1ccc(OC(=O)CC[C@](C)(C(=O)Oc2ccc(C)cc2)[N+](=O)[O-])cc1. The van der Waals surface area contributed by atoms with Gasteiger partial charge < -0.3 is 9.47 Å². The van der Waals surface area contributed by atoms with E-state index in [0.29, 0.717) is 5.75 Å². The summed E-state index contributed by atoms with van der Waals surface area (Å²) in [6, 6.07) is 13.4. The molecule has 0 N–H and O–H groups in total. The topological polar surface area (TPSA) is 95.7 Å². The molecular formula is C20H21NO6. The quantitative estimate of drug-likeness (QED) is 0.319. The van der Waals surface area contributed by atoms with Crippen LogP contribution in [0.2, 0.25) is 0 Å². The van der Waals surface area contributed by atoms with Gasteiger partial charge in [-0.1, -0.05) is 35.4 Å². The van der Waals surface area contributed by atoms with Crippen molar-refractivity contribution in [1.82, 2.24) is 0 Å². The number of hydrogen-bond acceptors (Lipinski definition) is 6. The Bertz CT molecular complexity index is 829. The summed E-state index contributed by atoms with van der Waals surface area (Å²) in [6.45, 7) is 4.91. The van der Waals surface area contributed by atoms with E-state index in [-0.39, 0.29) is 18.6 Å². The molecule has 0 aliphatic heterocycles. The molecule has 142 valence electrons. The van der Waals surface area contributed by atoms with Crippen molar-refractivity contribution in [3.05, 3.63) is 69.8 Å². The van der Waals surface area contributed by atoms with Gasteiger partial charge in [-0.3, -0.25) is 14.9 Å². The molecule has 0 aromatic heterocycles. The fraction of sp³-hybridized carbons (Fsp3) is 0.300. The molecule has 0 saturated carbocycles. The first-order chi connectivity index (χ1) is 12.7. The van der Waals surface area contributed by atoms with E-state index in [1.54, 1.807) is 48.5 Å². The van der Waals surface area contributed by atoms with Gasteiger partial charge in [-0.25, -0.2) is 4.79 Å². The van der Waals surface area contributed by atoms with Gasteiger partial charge in [-0.2, -0.15) is 0 Å². The van der Waals surface area contributed by atoms with Gasteiger partial charge >= 0.3 is 17.5 Å². The largest absolute Gasteiger partial charge is 0.427 e. The lowest BCUT2D eigenvalue weighted by Crippen LogP contribution is -2.46. The number of esters is 2. The van der Waals surface area contributed by atoms with Gasteiger partial charge in [0.15, 0.2) is 0 Å². The summed E-state index contributed by atoms with van der Waals surface area (Å²) >= 11 is 0. The highest BCUT2D eigenvalue weighted by molar-refractivity contribution is 5.82. The third kappa shape index (κ3) is 5.37. The molecule has 27 heavy (non-hydrogen) atoms. The monoisotopic (exact) mass is 371 g/mol. The zero-order valence-corrected chi connectivity index (χ0v) is 15.4. The van der Waals surface area contributed by atoms with Gasteiger partial charge in [0, 0.05) is 18.3 Å². The van der Waals surface area contributed by atoms with E-state index < -0.39 is 22.4 Å². The zero-order valence-electron chi connectivity index (χ0n) is 15.4. The first kappa shape index (κ1) is 20.1. The zero-order chi connectivity index (χ0) is 20.0. The minimum absolute atomic E-state index is 0.209. The Morgan fingerprint density at radius 3 is 1.81 bits per heavy atom. The second kappa shape index (κ2) is 8.44. The fourth-order valence-electron chi connectivity index (χ4n) is 2.23. The molecule has 0 amide bonds. The van der Waals surface area contributed by atoms with Gasteiger partial charge in [0.1, 0.15) is 11.5 Å². The Labute approximate surface area is 157 Å². The van der Waals surface area contributed by atoms with E-state index in [4.69, 9.17) is 9.47 Å². The predicted molar refractivity (Wildman–Crippen MR) is 98.3 cm³/mol. The maximum Gasteiger partial charge on any atom is 0.389 e. The molecule has 0 saturated heterocycles. The van der Waals surface area contributed by atoms with Crippen LogP contribution in [-0.2, 0) is 9.59 Å². The number of rotatable bonds is 7. The number of benzene rings is 2. The third-order valence-electron chi connectivity index (χ3n) is 4.14. The Morgan fingerprint density at radius 2 is 1.37 bits per heavy atom. The summed E-state index contributed by atoms with van der Waals surface area (Å²) in [6.07, 6.45) is -0.635. The van der Waals surface area contributed by atoms with Crippen molar-refractivity contribution in [1.29, 1.82) is 0 Å². The Kier molecular flexibility index (Phi) is 6.28. The lowest BCUT2D eigenvalue weighted by Gasteiger charge is -2.18. The van der Waals surface area contributed by atoms with E-state index in [1.165, 1.54) is 0 Å². The van der Waals surface area contributed by atoms with Crippen LogP contribution in [0, 0.1) is 24.0 Å². The van der Waals surface area contributed by atoms with Gasteiger partial charge in [0.25, 0.3) is 0 Å². The van der Waals surface area contributed by atoms with Crippen LogP contribution in [0.1, 0.15) is 30.9 Å². The minimum atomic E-state index is -2.06. The lowest BCUT2D eigenvalue weighted by atomic mass is 9.97. The van der Waals surface area contributed by atoms with Crippen LogP contribution in [-0.4, -0.2) is 22.4 Å². The first-order valence-electron chi connectivity index (χ1n) is 8.41. The molecule has 2 aromatic rings. The summed E-state index contributed by atoms with van der Waals surface area (Å²) in [5.74, 6) is -1.13. The Hall–Kier alpha value is -3.22. The molecule has 2 aromatic carbocycles. The Morgan fingerprint density at radius 1 is 0.926 bits per heavy atom. The molecule has 0 unspecified atom stereocenters. The van der Waals surface area contributed by atoms with Gasteiger partial charge in [-0.05, 0) is 38.1 Å². The molecule has 0 spiro atoms. The molecule has 0 aliphatic carbocycles. The van der Waals surface area contributed by atoms with E-state index in [0.717, 1.165) is 18.1 Å². The molecule has 0 radical (unpaired) electrons. The van der Waals surface area contributed by atoms with E-state index in [9.17, 15) is 19.7 Å². The normalized spacial score (nSPS) is 12.7. The highest BCUT2D eigenvalue weighted by atomic mass is 16.6. The molecule has 1 atom stereocenters. The van der Waals surface area contributed by atoms with Crippen LogP contribution in [0.4, 0.5) is 0 Å². The summed E-state index contributed by atoms with van der Waals surface area (Å²) in [5.41, 5.74) is -0.0859. The van der Waals surface area contributed by atoms with Crippen molar-refractivity contribution in [2.24, 2.45) is 0 Å². The van der Waals surface area contributed by atoms with Crippen molar-refractivity contribution in [3.63, 3.8) is 0 Å². The van der Waals surface area contributed by atoms with Crippen molar-refractivity contribution in [3.8, 4) is 11.5 Å². The highest BCUT2D eigenvalue weighted by Gasteiger charge is 2.48. The maximum absolute atomic E-state index is 12.4. The second-order valence-corrected chi connectivity index (χ2v) is 6.52. The van der Waals surface area contributed by atoms with Crippen LogP contribution >= 0.6 is 0 Å². The number of carbonyl (C=O) groups is 2. The lowest BCUT2D eigenvalue weighted by molar-refractivity contribution is -0.551. The number of hydrogen-bond donors (Lipinski definition) is 0. The average Bonchev–Trinajstić information content (AvgIpc) is 2.63. The van der Waals surface area contributed by atoms with Crippen LogP contribution in [0.3, 0.4) is 0 Å². The predicted octanol–water partition coefficient (Wildman–Crippen LogP) is 3.63. The van der Waals surface area contributed by atoms with E-state index >= 15 is 0 Å². The number of carbonyl (C=O) groups excluding carboxylic acids is 2. The van der Waals surface area contributed by atoms with E-state index in [1.807, 2.05) is 13.8 Å². The number of ether oxygens (including phenoxy) is 2. The van der Waals surface area contributed by atoms with Crippen LogP contribution in [0.25, 0.3) is 0 Å². The molecule has 0 aliphatic rings. The van der Waals surface area contributed by atoms with Gasteiger partial charge in [-0.15, -0.1) is 0 Å². The van der Waals surface area contributed by atoms with Crippen LogP contribution in [0.15, 0.2) is 48.5 Å². The molecule has 2 rings (SSSR count). The van der Waals surface area contributed by atoms with Crippen molar-refractivity contribution >= 4 is 11.9 Å². The van der Waals surface area contributed by atoms with Crippen LogP contribution in [0.5, 0.6) is 11.5 Å². The minimum Gasteiger partial charge on any atom is -0.427 e. The molecule has 0 bridgehead atoms. The van der Waals surface area contributed by atoms with Gasteiger partial charge in [0.05, 0.1) is 6.42 Å². The van der Waals surface area contributed by atoms with Crippen molar-refractivity contribution in [2.45, 2.75) is 39.2 Å².